The zero-order valence-corrected chi connectivity index (χ0v) is 11.3. The van der Waals surface area contributed by atoms with Crippen LogP contribution in [-0.4, -0.2) is 4.98 Å². The fourth-order valence-corrected chi connectivity index (χ4v) is 0.426. The van der Waals surface area contributed by atoms with Crippen LogP contribution in [0, 0.1) is 17.4 Å². The summed E-state index contributed by atoms with van der Waals surface area (Å²) in [4.78, 5) is 3.74. The van der Waals surface area contributed by atoms with Gasteiger partial charge in [-0.15, -0.1) is 0 Å². The normalized spacial score (nSPS) is 7.00. The second kappa shape index (κ2) is 15.1. The van der Waals surface area contributed by atoms with E-state index in [1.807, 2.05) is 6.07 Å². The van der Waals surface area contributed by atoms with Crippen molar-refractivity contribution in [3.8, 4) is 6.07 Å². The van der Waals surface area contributed by atoms with E-state index in [0.29, 0.717) is 5.56 Å². The van der Waals surface area contributed by atoms with E-state index in [4.69, 9.17) is 24.1 Å². The molecule has 0 atom stereocenters. The van der Waals surface area contributed by atoms with Crippen LogP contribution in [0.4, 0.5) is 0 Å². The van der Waals surface area contributed by atoms with Crippen molar-refractivity contribution in [3.63, 3.8) is 0 Å². The minimum atomic E-state index is -0.472. The van der Waals surface area contributed by atoms with Crippen LogP contribution in [0.2, 0.25) is 0 Å². The van der Waals surface area contributed by atoms with E-state index in [1.54, 1.807) is 31.5 Å². The first-order valence-electron chi connectivity index (χ1n) is 3.33. The van der Waals surface area contributed by atoms with Crippen molar-refractivity contribution < 1.29 is 16.5 Å². The summed E-state index contributed by atoms with van der Waals surface area (Å²) in [6.45, 7) is 5.00. The van der Waals surface area contributed by atoms with E-state index >= 15 is 0 Å². The summed E-state index contributed by atoms with van der Waals surface area (Å²) < 4.78 is 0. The molecule has 0 aliphatic rings. The Morgan fingerprint density at radius 1 is 1.50 bits per heavy atom. The van der Waals surface area contributed by atoms with Crippen LogP contribution >= 0.6 is 18.8 Å². The molecule has 0 amide bonds. The van der Waals surface area contributed by atoms with Crippen molar-refractivity contribution in [1.82, 2.24) is 4.98 Å². The topological polar surface area (TPSA) is 36.7 Å². The SMILES string of the molecule is C=[C-]C.N#Cc1ccncc1.[Cl][Pt][Cl]. The molecule has 0 aliphatic heterocycles. The van der Waals surface area contributed by atoms with Gasteiger partial charge >= 0.3 is 35.3 Å². The van der Waals surface area contributed by atoms with Gasteiger partial charge in [0.2, 0.25) is 0 Å². The molecule has 0 radical (unpaired) electrons. The van der Waals surface area contributed by atoms with Crippen LogP contribution in [0.1, 0.15) is 12.5 Å². The van der Waals surface area contributed by atoms with Gasteiger partial charge < -0.3 is 6.08 Å². The Kier molecular flexibility index (Phi) is 17.4. The van der Waals surface area contributed by atoms with Crippen molar-refractivity contribution in [2.24, 2.45) is 0 Å². The third-order valence-electron chi connectivity index (χ3n) is 0.809. The predicted octanol–water partition coefficient (Wildman–Crippen LogP) is 3.33. The molecule has 0 fully saturated rings. The Morgan fingerprint density at radius 2 is 1.86 bits per heavy atom. The van der Waals surface area contributed by atoms with Crippen LogP contribution in [0.25, 0.3) is 0 Å². The van der Waals surface area contributed by atoms with Gasteiger partial charge in [-0.2, -0.15) is 12.2 Å². The first-order chi connectivity index (χ1) is 6.76. The maximum atomic E-state index is 8.26. The zero-order valence-electron chi connectivity index (χ0n) is 7.48. The summed E-state index contributed by atoms with van der Waals surface area (Å²) in [6, 6.07) is 5.32. The third kappa shape index (κ3) is 14.2. The van der Waals surface area contributed by atoms with Gasteiger partial charge in [-0.3, -0.25) is 11.6 Å². The monoisotopic (exact) mass is 410 g/mol. The van der Waals surface area contributed by atoms with Crippen LogP contribution in [0.15, 0.2) is 31.1 Å². The quantitative estimate of drug-likeness (QED) is 0.615. The summed E-state index contributed by atoms with van der Waals surface area (Å²) in [5.74, 6) is 0. The molecule has 1 aromatic heterocycles. The van der Waals surface area contributed by atoms with Crippen molar-refractivity contribution in [2.45, 2.75) is 6.92 Å². The Balaban J connectivity index is 0. The van der Waals surface area contributed by atoms with Gasteiger partial charge in [-0.05, 0) is 12.1 Å². The first-order valence-corrected chi connectivity index (χ1v) is 8.96. The molecule has 0 bridgehead atoms. The molecule has 0 aliphatic carbocycles. The number of nitrogens with zero attached hydrogens (tertiary/aromatic N) is 2. The second-order valence-electron chi connectivity index (χ2n) is 1.75. The molecule has 2 nitrogen and oxygen atoms in total. The Morgan fingerprint density at radius 3 is 2.07 bits per heavy atom. The summed E-state index contributed by atoms with van der Waals surface area (Å²) in [5, 5.41) is 8.26. The molecule has 0 saturated carbocycles. The van der Waals surface area contributed by atoms with Gasteiger partial charge in [0.05, 0.1) is 11.6 Å². The van der Waals surface area contributed by atoms with E-state index in [0.717, 1.165) is 0 Å². The van der Waals surface area contributed by atoms with Crippen LogP contribution in [-0.2, 0) is 16.5 Å². The van der Waals surface area contributed by atoms with Crippen molar-refractivity contribution >= 4 is 18.8 Å². The number of rotatable bonds is 0. The Bertz CT molecular complexity index is 259. The summed E-state index contributed by atoms with van der Waals surface area (Å²) >= 11 is -0.472. The first kappa shape index (κ1) is 16.1. The molecule has 0 unspecified atom stereocenters. The van der Waals surface area contributed by atoms with Gasteiger partial charge in [0.25, 0.3) is 0 Å². The molecule has 80 valence electrons. The molecule has 0 spiro atoms. The fourth-order valence-electron chi connectivity index (χ4n) is 0.426. The molecule has 0 saturated heterocycles. The molecular formula is C9H9Cl2N2Pt-. The molecule has 5 heteroatoms. The van der Waals surface area contributed by atoms with Gasteiger partial charge in [-0.25, -0.2) is 0 Å². The molecule has 0 aromatic carbocycles. The number of aromatic nitrogens is 1. The average molecular weight is 411 g/mol. The van der Waals surface area contributed by atoms with E-state index in [9.17, 15) is 0 Å². The van der Waals surface area contributed by atoms with Crippen LogP contribution in [0.5, 0.6) is 0 Å². The van der Waals surface area contributed by atoms with Gasteiger partial charge in [0, 0.05) is 12.4 Å². The average Bonchev–Trinajstić information content (AvgIpc) is 2.21. The maximum absolute atomic E-state index is 8.26. The Hall–Kier alpha value is -0.352. The van der Waals surface area contributed by atoms with E-state index in [2.05, 4.69) is 17.6 Å². The van der Waals surface area contributed by atoms with E-state index in [1.165, 1.54) is 0 Å². The molecular weight excluding hydrogens is 402 g/mol. The number of hydrogen-bond acceptors (Lipinski definition) is 2. The Labute approximate surface area is 101 Å². The molecule has 1 heterocycles. The predicted molar refractivity (Wildman–Crippen MR) is 55.2 cm³/mol. The number of pyridine rings is 1. The molecule has 1 rings (SSSR count). The van der Waals surface area contributed by atoms with Crippen molar-refractivity contribution in [1.29, 1.82) is 5.26 Å². The number of allylic oxidation sites excluding steroid dienone is 1. The van der Waals surface area contributed by atoms with Gasteiger partial charge in [-0.1, -0.05) is 0 Å². The second-order valence-corrected chi connectivity index (χ2v) is 5.03. The number of nitriles is 1. The number of hydrogen-bond donors (Lipinski definition) is 0. The fraction of sp³-hybridized carbons (Fsp3) is 0.111. The van der Waals surface area contributed by atoms with Gasteiger partial charge in [0.1, 0.15) is 0 Å². The summed E-state index contributed by atoms with van der Waals surface area (Å²) in [6.07, 6.45) is 5.69. The van der Waals surface area contributed by atoms with Crippen LogP contribution < -0.4 is 0 Å². The van der Waals surface area contributed by atoms with E-state index < -0.39 is 16.5 Å². The molecule has 1 aromatic rings. The molecule has 14 heavy (non-hydrogen) atoms. The van der Waals surface area contributed by atoms with Gasteiger partial charge in [0.15, 0.2) is 0 Å². The number of halogens is 2. The summed E-state index contributed by atoms with van der Waals surface area (Å²) in [5.41, 5.74) is 0.653. The zero-order chi connectivity index (χ0) is 11.2. The third-order valence-corrected chi connectivity index (χ3v) is 0.809. The summed E-state index contributed by atoms with van der Waals surface area (Å²) in [7, 11) is 9.75. The van der Waals surface area contributed by atoms with E-state index in [-0.39, 0.29) is 0 Å². The van der Waals surface area contributed by atoms with Crippen LogP contribution in [0.3, 0.4) is 0 Å². The minimum absolute atomic E-state index is 0.472. The van der Waals surface area contributed by atoms with Crippen molar-refractivity contribution in [2.75, 3.05) is 0 Å². The van der Waals surface area contributed by atoms with Crippen molar-refractivity contribution in [3.05, 3.63) is 42.7 Å². The molecule has 0 N–H and O–H groups in total. The standard InChI is InChI=1S/C6H4N2.C3H5.2ClH.Pt/c7-5-6-1-3-8-4-2-6;1-3-2;;;/h1-4H;1H2,2H3;2*1H;/q;-1;;;+2/p-2.